The third-order valence-corrected chi connectivity index (χ3v) is 2.42. The van der Waals surface area contributed by atoms with Crippen LogP contribution in [0.15, 0.2) is 0 Å². The van der Waals surface area contributed by atoms with Crippen LogP contribution in [0.1, 0.15) is 34.1 Å². The summed E-state index contributed by atoms with van der Waals surface area (Å²) in [5.74, 6) is 0.0548. The van der Waals surface area contributed by atoms with E-state index >= 15 is 0 Å². The summed E-state index contributed by atoms with van der Waals surface area (Å²) in [6.07, 6.45) is 0.946. The van der Waals surface area contributed by atoms with Crippen molar-refractivity contribution in [3.05, 3.63) is 0 Å². The molecule has 0 unspecified atom stereocenters. The first kappa shape index (κ1) is 15.4. The first-order valence-corrected chi connectivity index (χ1v) is 5.86. The minimum atomic E-state index is 0.0548. The lowest BCUT2D eigenvalue weighted by molar-refractivity contribution is -0.120. The minimum absolute atomic E-state index is 0.0548. The van der Waals surface area contributed by atoms with Crippen LogP contribution in [0.3, 0.4) is 0 Å². The third-order valence-electron chi connectivity index (χ3n) is 2.42. The molecule has 96 valence electrons. The molecule has 0 heterocycles. The van der Waals surface area contributed by atoms with Gasteiger partial charge in [0.1, 0.15) is 0 Å². The van der Waals surface area contributed by atoms with Crippen LogP contribution < -0.4 is 10.6 Å². The molecule has 0 saturated heterocycles. The van der Waals surface area contributed by atoms with Crippen LogP contribution in [0.4, 0.5) is 0 Å². The second kappa shape index (κ2) is 7.63. The first-order valence-electron chi connectivity index (χ1n) is 5.86. The Labute approximate surface area is 99.1 Å². The van der Waals surface area contributed by atoms with E-state index in [4.69, 9.17) is 4.74 Å². The summed E-state index contributed by atoms with van der Waals surface area (Å²) in [5, 5.41) is 6.02. The molecule has 0 spiro atoms. The smallest absolute Gasteiger partial charge is 0.233 e. The van der Waals surface area contributed by atoms with E-state index in [1.807, 2.05) is 13.8 Å². The fourth-order valence-electron chi connectivity index (χ4n) is 1.16. The first-order chi connectivity index (χ1) is 7.37. The number of carbonyl (C=O) groups excluding carboxylic acids is 1. The third kappa shape index (κ3) is 8.68. The second-order valence-corrected chi connectivity index (χ2v) is 5.22. The molecule has 0 saturated carbocycles. The molecule has 16 heavy (non-hydrogen) atoms. The Balaban J connectivity index is 3.72. The fraction of sp³-hybridized carbons (Fsp3) is 0.917. The summed E-state index contributed by atoms with van der Waals surface area (Å²) in [6.45, 7) is 10.1. The van der Waals surface area contributed by atoms with Crippen LogP contribution in [-0.2, 0) is 9.53 Å². The Morgan fingerprint density at radius 1 is 1.38 bits per heavy atom. The van der Waals surface area contributed by atoms with E-state index in [9.17, 15) is 4.79 Å². The Morgan fingerprint density at radius 2 is 2.00 bits per heavy atom. The maximum absolute atomic E-state index is 11.5. The predicted octanol–water partition coefficient (Wildman–Crippen LogP) is 1.16. The lowest BCUT2D eigenvalue weighted by atomic mass is 9.90. The molecule has 0 fully saturated rings. The van der Waals surface area contributed by atoms with Gasteiger partial charge in [0.25, 0.3) is 0 Å². The van der Waals surface area contributed by atoms with Crippen LogP contribution in [0.2, 0.25) is 0 Å². The number of rotatable bonds is 8. The molecule has 0 bridgehead atoms. The molecule has 0 aliphatic carbocycles. The second-order valence-electron chi connectivity index (χ2n) is 5.22. The van der Waals surface area contributed by atoms with E-state index in [0.717, 1.165) is 13.0 Å². The molecule has 0 atom stereocenters. The van der Waals surface area contributed by atoms with Crippen molar-refractivity contribution in [2.24, 2.45) is 5.41 Å². The van der Waals surface area contributed by atoms with Gasteiger partial charge in [-0.1, -0.05) is 27.7 Å². The largest absolute Gasteiger partial charge is 0.385 e. The standard InChI is InChI=1S/C12H26N2O2/c1-10(2)13-8-11(15)14-9-12(3,4)6-7-16-5/h10,13H,6-9H2,1-5H3,(H,14,15). The van der Waals surface area contributed by atoms with Gasteiger partial charge >= 0.3 is 0 Å². The van der Waals surface area contributed by atoms with E-state index in [1.54, 1.807) is 7.11 Å². The highest BCUT2D eigenvalue weighted by atomic mass is 16.5. The topological polar surface area (TPSA) is 50.4 Å². The van der Waals surface area contributed by atoms with Crippen molar-refractivity contribution in [3.63, 3.8) is 0 Å². The summed E-state index contributed by atoms with van der Waals surface area (Å²) < 4.78 is 5.04. The van der Waals surface area contributed by atoms with E-state index in [-0.39, 0.29) is 11.3 Å². The number of amides is 1. The molecule has 1 amide bonds. The Bertz CT molecular complexity index is 203. The van der Waals surface area contributed by atoms with Crippen molar-refractivity contribution < 1.29 is 9.53 Å². The highest BCUT2D eigenvalue weighted by molar-refractivity contribution is 5.78. The molecule has 4 heteroatoms. The molecule has 4 nitrogen and oxygen atoms in total. The molecular weight excluding hydrogens is 204 g/mol. The molecule has 0 rings (SSSR count). The van der Waals surface area contributed by atoms with Gasteiger partial charge in [0, 0.05) is 26.3 Å². The summed E-state index contributed by atoms with van der Waals surface area (Å²) in [4.78, 5) is 11.5. The van der Waals surface area contributed by atoms with Crippen LogP contribution in [-0.4, -0.2) is 38.8 Å². The van der Waals surface area contributed by atoms with Gasteiger partial charge in [-0.3, -0.25) is 4.79 Å². The molecule has 2 N–H and O–H groups in total. The minimum Gasteiger partial charge on any atom is -0.385 e. The van der Waals surface area contributed by atoms with Crippen molar-refractivity contribution in [1.82, 2.24) is 10.6 Å². The van der Waals surface area contributed by atoms with Crippen molar-refractivity contribution >= 4 is 5.91 Å². The molecule has 0 radical (unpaired) electrons. The number of hydrogen-bond acceptors (Lipinski definition) is 3. The summed E-state index contributed by atoms with van der Waals surface area (Å²) in [6, 6.07) is 0.340. The van der Waals surface area contributed by atoms with E-state index in [0.29, 0.717) is 19.1 Å². The van der Waals surface area contributed by atoms with Gasteiger partial charge < -0.3 is 15.4 Å². The Kier molecular flexibility index (Phi) is 7.34. The number of nitrogens with one attached hydrogen (secondary N) is 2. The lowest BCUT2D eigenvalue weighted by Gasteiger charge is -2.24. The van der Waals surface area contributed by atoms with Crippen LogP contribution in [0.5, 0.6) is 0 Å². The van der Waals surface area contributed by atoms with Crippen molar-refractivity contribution in [2.45, 2.75) is 40.2 Å². The lowest BCUT2D eigenvalue weighted by Crippen LogP contribution is -2.41. The van der Waals surface area contributed by atoms with E-state index in [2.05, 4.69) is 24.5 Å². The van der Waals surface area contributed by atoms with E-state index < -0.39 is 0 Å². The van der Waals surface area contributed by atoms with Crippen molar-refractivity contribution in [3.8, 4) is 0 Å². The van der Waals surface area contributed by atoms with Crippen molar-refractivity contribution in [2.75, 3.05) is 26.8 Å². The zero-order valence-corrected chi connectivity index (χ0v) is 11.2. The Hall–Kier alpha value is -0.610. The average Bonchev–Trinajstić information content (AvgIpc) is 2.21. The highest BCUT2D eigenvalue weighted by Gasteiger charge is 2.18. The van der Waals surface area contributed by atoms with Gasteiger partial charge in [-0.2, -0.15) is 0 Å². The predicted molar refractivity (Wildman–Crippen MR) is 66.4 cm³/mol. The van der Waals surface area contributed by atoms with Gasteiger partial charge in [-0.25, -0.2) is 0 Å². The monoisotopic (exact) mass is 230 g/mol. The number of carbonyl (C=O) groups is 1. The van der Waals surface area contributed by atoms with Gasteiger partial charge in [-0.05, 0) is 11.8 Å². The summed E-state index contributed by atoms with van der Waals surface area (Å²) in [7, 11) is 1.70. The molecule has 0 aromatic heterocycles. The maximum atomic E-state index is 11.5. The molecular formula is C12H26N2O2. The molecule has 0 aliphatic heterocycles. The van der Waals surface area contributed by atoms with E-state index in [1.165, 1.54) is 0 Å². The van der Waals surface area contributed by atoms with Gasteiger partial charge in [0.2, 0.25) is 5.91 Å². The average molecular weight is 230 g/mol. The summed E-state index contributed by atoms with van der Waals surface area (Å²) >= 11 is 0. The van der Waals surface area contributed by atoms with Gasteiger partial charge in [-0.15, -0.1) is 0 Å². The zero-order chi connectivity index (χ0) is 12.6. The van der Waals surface area contributed by atoms with Crippen LogP contribution in [0, 0.1) is 5.41 Å². The van der Waals surface area contributed by atoms with Crippen LogP contribution >= 0.6 is 0 Å². The molecule has 0 aliphatic rings. The number of methoxy groups -OCH3 is 1. The quantitative estimate of drug-likeness (QED) is 0.658. The molecule has 0 aromatic carbocycles. The Morgan fingerprint density at radius 3 is 2.50 bits per heavy atom. The SMILES string of the molecule is COCCC(C)(C)CNC(=O)CNC(C)C. The fourth-order valence-corrected chi connectivity index (χ4v) is 1.16. The normalized spacial score (nSPS) is 11.9. The van der Waals surface area contributed by atoms with Gasteiger partial charge in [0.15, 0.2) is 0 Å². The number of hydrogen-bond donors (Lipinski definition) is 2. The maximum Gasteiger partial charge on any atom is 0.233 e. The molecule has 0 aromatic rings. The number of ether oxygens (including phenoxy) is 1. The van der Waals surface area contributed by atoms with Crippen LogP contribution in [0.25, 0.3) is 0 Å². The zero-order valence-electron chi connectivity index (χ0n) is 11.2. The highest BCUT2D eigenvalue weighted by Crippen LogP contribution is 2.18. The van der Waals surface area contributed by atoms with Gasteiger partial charge in [0.05, 0.1) is 6.54 Å². The van der Waals surface area contributed by atoms with Crippen molar-refractivity contribution in [1.29, 1.82) is 0 Å². The summed E-state index contributed by atoms with van der Waals surface area (Å²) in [5.41, 5.74) is 0.0868.